The number of carbonyl (C=O) groups excluding carboxylic acids is 2. The minimum absolute atomic E-state index is 0.103. The van der Waals surface area contributed by atoms with E-state index in [1.807, 2.05) is 6.26 Å². The Hall–Kier alpha value is -2.36. The lowest BCUT2D eigenvalue weighted by Crippen LogP contribution is -2.44. The molecule has 7 nitrogen and oxygen atoms in total. The molecule has 0 saturated heterocycles. The quantitative estimate of drug-likeness (QED) is 0.617. The molecule has 0 fully saturated rings. The van der Waals surface area contributed by atoms with Gasteiger partial charge < -0.3 is 10.6 Å². The lowest BCUT2D eigenvalue weighted by Gasteiger charge is -2.18. The number of benzene rings is 2. The fraction of sp³-hybridized carbons (Fsp3) is 0.222. The number of primary sulfonamides is 1. The molecule has 0 aliphatic heterocycles. The van der Waals surface area contributed by atoms with Gasteiger partial charge in [0.1, 0.15) is 6.04 Å². The van der Waals surface area contributed by atoms with Gasteiger partial charge in [0, 0.05) is 11.3 Å². The third kappa shape index (κ3) is 6.38. The Balaban J connectivity index is 2.14. The van der Waals surface area contributed by atoms with E-state index in [0.717, 1.165) is 0 Å². The highest BCUT2D eigenvalue weighted by molar-refractivity contribution is 7.98. The summed E-state index contributed by atoms with van der Waals surface area (Å²) in [5, 5.41) is 10.5. The maximum absolute atomic E-state index is 12.6. The molecule has 0 bridgehead atoms. The molecule has 0 heterocycles. The van der Waals surface area contributed by atoms with Crippen molar-refractivity contribution in [2.75, 3.05) is 17.3 Å². The van der Waals surface area contributed by atoms with Crippen molar-refractivity contribution in [1.82, 2.24) is 5.32 Å². The van der Waals surface area contributed by atoms with Crippen LogP contribution in [0.5, 0.6) is 0 Å². The molecule has 4 N–H and O–H groups in total. The molecule has 144 valence electrons. The van der Waals surface area contributed by atoms with Crippen molar-refractivity contribution in [3.8, 4) is 0 Å². The average molecular weight is 408 g/mol. The van der Waals surface area contributed by atoms with E-state index in [-0.39, 0.29) is 16.5 Å². The van der Waals surface area contributed by atoms with Gasteiger partial charge in [0.2, 0.25) is 15.9 Å². The molecule has 2 aromatic rings. The predicted molar refractivity (Wildman–Crippen MR) is 107 cm³/mol. The summed E-state index contributed by atoms with van der Waals surface area (Å²) in [5.74, 6) is -0.111. The normalized spacial score (nSPS) is 12.2. The summed E-state index contributed by atoms with van der Waals surface area (Å²) < 4.78 is 22.9. The number of hydrogen-bond acceptors (Lipinski definition) is 5. The first-order valence-electron chi connectivity index (χ1n) is 8.10. The summed E-state index contributed by atoms with van der Waals surface area (Å²) in [7, 11) is -3.87. The zero-order chi connectivity index (χ0) is 19.9. The third-order valence-electron chi connectivity index (χ3n) is 3.70. The van der Waals surface area contributed by atoms with Crippen LogP contribution in [0.25, 0.3) is 0 Å². The molecule has 0 aliphatic rings. The van der Waals surface area contributed by atoms with Gasteiger partial charge in [-0.2, -0.15) is 11.8 Å². The summed E-state index contributed by atoms with van der Waals surface area (Å²) in [6, 6.07) is 13.5. The van der Waals surface area contributed by atoms with Crippen molar-refractivity contribution in [3.05, 3.63) is 60.2 Å². The van der Waals surface area contributed by atoms with Crippen molar-refractivity contribution in [1.29, 1.82) is 0 Å². The van der Waals surface area contributed by atoms with Crippen molar-refractivity contribution >= 4 is 39.3 Å². The molecule has 0 saturated carbocycles. The van der Waals surface area contributed by atoms with Gasteiger partial charge in [0.05, 0.1) is 4.90 Å². The van der Waals surface area contributed by atoms with Crippen LogP contribution in [-0.4, -0.2) is 38.3 Å². The Kier molecular flexibility index (Phi) is 7.40. The molecule has 27 heavy (non-hydrogen) atoms. The highest BCUT2D eigenvalue weighted by Gasteiger charge is 2.21. The first kappa shape index (κ1) is 20.9. The lowest BCUT2D eigenvalue weighted by atomic mass is 10.1. The van der Waals surface area contributed by atoms with Crippen molar-refractivity contribution in [2.24, 2.45) is 5.14 Å². The zero-order valence-electron chi connectivity index (χ0n) is 14.7. The molecule has 9 heteroatoms. The summed E-state index contributed by atoms with van der Waals surface area (Å²) in [6.45, 7) is 0. The number of anilines is 1. The monoisotopic (exact) mass is 407 g/mol. The van der Waals surface area contributed by atoms with Gasteiger partial charge in [0.25, 0.3) is 5.91 Å². The number of nitrogens with two attached hydrogens (primary N) is 1. The van der Waals surface area contributed by atoms with Crippen LogP contribution in [0, 0.1) is 0 Å². The van der Waals surface area contributed by atoms with Crippen LogP contribution in [0.4, 0.5) is 5.69 Å². The standard InChI is InChI=1S/C18H21N3O4S2/c1-26-11-10-16(21-17(22)13-6-3-2-4-7-13)18(23)20-14-8-5-9-15(12-14)27(19,24)25/h2-9,12,16H,10-11H2,1H3,(H,20,23)(H,21,22)(H2,19,24,25). The van der Waals surface area contributed by atoms with E-state index in [2.05, 4.69) is 10.6 Å². The number of sulfonamides is 1. The van der Waals surface area contributed by atoms with Crippen LogP contribution in [0.2, 0.25) is 0 Å². The molecular formula is C18H21N3O4S2. The highest BCUT2D eigenvalue weighted by Crippen LogP contribution is 2.15. The maximum Gasteiger partial charge on any atom is 0.251 e. The van der Waals surface area contributed by atoms with Gasteiger partial charge in [-0.1, -0.05) is 24.3 Å². The maximum atomic E-state index is 12.6. The number of nitrogens with one attached hydrogen (secondary N) is 2. The van der Waals surface area contributed by atoms with Crippen LogP contribution < -0.4 is 15.8 Å². The molecule has 2 amide bonds. The summed E-state index contributed by atoms with van der Waals surface area (Å²) in [4.78, 5) is 24.9. The van der Waals surface area contributed by atoms with Gasteiger partial charge in [-0.3, -0.25) is 9.59 Å². The molecule has 0 aromatic heterocycles. The smallest absolute Gasteiger partial charge is 0.251 e. The predicted octanol–water partition coefficient (Wildman–Crippen LogP) is 1.82. The van der Waals surface area contributed by atoms with E-state index in [1.165, 1.54) is 18.2 Å². The molecule has 1 unspecified atom stereocenters. The summed E-state index contributed by atoms with van der Waals surface area (Å²) in [6.07, 6.45) is 2.34. The molecule has 0 radical (unpaired) electrons. The highest BCUT2D eigenvalue weighted by atomic mass is 32.2. The summed E-state index contributed by atoms with van der Waals surface area (Å²) in [5.41, 5.74) is 0.741. The van der Waals surface area contributed by atoms with Crippen molar-refractivity contribution in [2.45, 2.75) is 17.4 Å². The minimum Gasteiger partial charge on any atom is -0.340 e. The van der Waals surface area contributed by atoms with Crippen LogP contribution in [-0.2, 0) is 14.8 Å². The van der Waals surface area contributed by atoms with E-state index in [4.69, 9.17) is 5.14 Å². The van der Waals surface area contributed by atoms with Crippen LogP contribution in [0.3, 0.4) is 0 Å². The molecule has 2 rings (SSSR count). The first-order chi connectivity index (χ1) is 12.8. The molecule has 0 spiro atoms. The Morgan fingerprint density at radius 1 is 1.11 bits per heavy atom. The van der Waals surface area contributed by atoms with E-state index < -0.39 is 22.0 Å². The average Bonchev–Trinajstić information content (AvgIpc) is 2.65. The number of amides is 2. The zero-order valence-corrected chi connectivity index (χ0v) is 16.3. The first-order valence-corrected chi connectivity index (χ1v) is 11.0. The fourth-order valence-electron chi connectivity index (χ4n) is 2.32. The van der Waals surface area contributed by atoms with Crippen molar-refractivity contribution < 1.29 is 18.0 Å². The van der Waals surface area contributed by atoms with E-state index in [1.54, 1.807) is 48.2 Å². The van der Waals surface area contributed by atoms with Gasteiger partial charge in [-0.15, -0.1) is 0 Å². The van der Waals surface area contributed by atoms with Crippen molar-refractivity contribution in [3.63, 3.8) is 0 Å². The second-order valence-corrected chi connectivity index (χ2v) is 8.28. The minimum atomic E-state index is -3.87. The largest absolute Gasteiger partial charge is 0.340 e. The number of carbonyl (C=O) groups is 2. The molecule has 2 aromatic carbocycles. The van der Waals surface area contributed by atoms with E-state index >= 15 is 0 Å². The fourth-order valence-corrected chi connectivity index (χ4v) is 3.35. The van der Waals surface area contributed by atoms with E-state index in [9.17, 15) is 18.0 Å². The van der Waals surface area contributed by atoms with Crippen LogP contribution >= 0.6 is 11.8 Å². The van der Waals surface area contributed by atoms with Gasteiger partial charge in [0.15, 0.2) is 0 Å². The second-order valence-electron chi connectivity index (χ2n) is 5.74. The lowest BCUT2D eigenvalue weighted by molar-refractivity contribution is -0.118. The Labute approximate surface area is 162 Å². The Bertz CT molecular complexity index is 902. The Morgan fingerprint density at radius 2 is 1.81 bits per heavy atom. The van der Waals surface area contributed by atoms with E-state index in [0.29, 0.717) is 17.7 Å². The van der Waals surface area contributed by atoms with Crippen LogP contribution in [0.1, 0.15) is 16.8 Å². The molecule has 1 atom stereocenters. The molecule has 0 aliphatic carbocycles. The topological polar surface area (TPSA) is 118 Å². The summed E-state index contributed by atoms with van der Waals surface area (Å²) >= 11 is 1.56. The third-order valence-corrected chi connectivity index (χ3v) is 5.25. The SMILES string of the molecule is CSCCC(NC(=O)c1ccccc1)C(=O)Nc1cccc(S(N)(=O)=O)c1. The van der Waals surface area contributed by atoms with Gasteiger partial charge in [-0.05, 0) is 48.8 Å². The van der Waals surface area contributed by atoms with Gasteiger partial charge >= 0.3 is 0 Å². The molecular weight excluding hydrogens is 386 g/mol. The number of thioether (sulfide) groups is 1. The Morgan fingerprint density at radius 3 is 2.44 bits per heavy atom. The number of rotatable bonds is 8. The van der Waals surface area contributed by atoms with Gasteiger partial charge in [-0.25, -0.2) is 13.6 Å². The second kappa shape index (κ2) is 9.54. The number of hydrogen-bond donors (Lipinski definition) is 3. The van der Waals surface area contributed by atoms with Crippen LogP contribution in [0.15, 0.2) is 59.5 Å².